The number of aromatic nitrogens is 1. The van der Waals surface area contributed by atoms with Gasteiger partial charge in [0, 0.05) is 42.9 Å². The number of nitrogens with one attached hydrogen (secondary N) is 1. The lowest BCUT2D eigenvalue weighted by Crippen LogP contribution is -2.35. The summed E-state index contributed by atoms with van der Waals surface area (Å²) < 4.78 is 5.37. The minimum absolute atomic E-state index is 0.154. The minimum atomic E-state index is -0.154. The first kappa shape index (κ1) is 19.8. The zero-order valence-electron chi connectivity index (χ0n) is 16.3. The van der Waals surface area contributed by atoms with E-state index in [4.69, 9.17) is 4.74 Å². The Kier molecular flexibility index (Phi) is 6.82. The van der Waals surface area contributed by atoms with Crippen molar-refractivity contribution in [2.45, 2.75) is 27.3 Å². The first-order valence-electron chi connectivity index (χ1n) is 9.52. The molecule has 2 heterocycles. The molecule has 0 spiro atoms. The summed E-state index contributed by atoms with van der Waals surface area (Å²) in [4.78, 5) is 21.7. The largest absolute Gasteiger partial charge is 0.379 e. The van der Waals surface area contributed by atoms with Crippen LogP contribution in [-0.4, -0.2) is 55.2 Å². The SMILES string of the molecule is CCN(CC)c1ccc(NC(=O)c2csc(CN3CCOCC3)n2)c(C)c1. The van der Waals surface area contributed by atoms with Crippen LogP contribution in [0.2, 0.25) is 0 Å². The minimum Gasteiger partial charge on any atom is -0.379 e. The van der Waals surface area contributed by atoms with Crippen molar-refractivity contribution in [1.82, 2.24) is 9.88 Å². The Balaban J connectivity index is 1.63. The number of hydrogen-bond donors (Lipinski definition) is 1. The molecule has 27 heavy (non-hydrogen) atoms. The number of anilines is 2. The van der Waals surface area contributed by atoms with Gasteiger partial charge in [0.2, 0.25) is 0 Å². The Morgan fingerprint density at radius 3 is 2.70 bits per heavy atom. The van der Waals surface area contributed by atoms with Crippen molar-refractivity contribution in [2.24, 2.45) is 0 Å². The lowest BCUT2D eigenvalue weighted by Gasteiger charge is -2.25. The van der Waals surface area contributed by atoms with Gasteiger partial charge >= 0.3 is 0 Å². The summed E-state index contributed by atoms with van der Waals surface area (Å²) in [5, 5.41) is 5.80. The van der Waals surface area contributed by atoms with E-state index in [1.807, 2.05) is 18.4 Å². The van der Waals surface area contributed by atoms with Gasteiger partial charge in [-0.3, -0.25) is 9.69 Å². The molecule has 1 N–H and O–H groups in total. The number of rotatable bonds is 7. The summed E-state index contributed by atoms with van der Waals surface area (Å²) in [6, 6.07) is 6.15. The number of morpholine rings is 1. The van der Waals surface area contributed by atoms with Gasteiger partial charge in [-0.15, -0.1) is 11.3 Å². The monoisotopic (exact) mass is 388 g/mol. The molecule has 0 unspecified atom stereocenters. The van der Waals surface area contributed by atoms with Crippen LogP contribution in [0.1, 0.15) is 34.9 Å². The van der Waals surface area contributed by atoms with Crippen molar-refractivity contribution in [3.8, 4) is 0 Å². The lowest BCUT2D eigenvalue weighted by atomic mass is 10.1. The molecule has 0 radical (unpaired) electrons. The van der Waals surface area contributed by atoms with E-state index >= 15 is 0 Å². The highest BCUT2D eigenvalue weighted by Gasteiger charge is 2.16. The molecule has 1 amide bonds. The number of nitrogens with zero attached hydrogens (tertiary/aromatic N) is 3. The fourth-order valence-corrected chi connectivity index (χ4v) is 4.01. The molecular weight excluding hydrogens is 360 g/mol. The molecule has 0 bridgehead atoms. The van der Waals surface area contributed by atoms with Gasteiger partial charge in [0.1, 0.15) is 10.7 Å². The molecule has 1 aliphatic rings. The van der Waals surface area contributed by atoms with E-state index in [-0.39, 0.29) is 5.91 Å². The quantitative estimate of drug-likeness (QED) is 0.788. The summed E-state index contributed by atoms with van der Waals surface area (Å²) in [6.45, 7) is 12.4. The van der Waals surface area contributed by atoms with Gasteiger partial charge in [0.15, 0.2) is 0 Å². The highest BCUT2D eigenvalue weighted by molar-refractivity contribution is 7.09. The second-order valence-corrected chi connectivity index (χ2v) is 7.58. The number of carbonyl (C=O) groups is 1. The average Bonchev–Trinajstić information content (AvgIpc) is 3.14. The Morgan fingerprint density at radius 2 is 2.04 bits per heavy atom. The van der Waals surface area contributed by atoms with Crippen LogP contribution in [-0.2, 0) is 11.3 Å². The fourth-order valence-electron chi connectivity index (χ4n) is 3.20. The van der Waals surface area contributed by atoms with Gasteiger partial charge < -0.3 is 15.0 Å². The highest BCUT2D eigenvalue weighted by atomic mass is 32.1. The van der Waals surface area contributed by atoms with Gasteiger partial charge in [-0.2, -0.15) is 0 Å². The maximum Gasteiger partial charge on any atom is 0.275 e. The fraction of sp³-hybridized carbons (Fsp3) is 0.500. The Hall–Kier alpha value is -1.96. The van der Waals surface area contributed by atoms with Crippen molar-refractivity contribution in [3.63, 3.8) is 0 Å². The third-order valence-electron chi connectivity index (χ3n) is 4.83. The molecule has 7 heteroatoms. The predicted molar refractivity (Wildman–Crippen MR) is 111 cm³/mol. The first-order valence-corrected chi connectivity index (χ1v) is 10.4. The Bertz CT molecular complexity index is 767. The third kappa shape index (κ3) is 5.06. The van der Waals surface area contributed by atoms with Gasteiger partial charge in [-0.05, 0) is 44.5 Å². The van der Waals surface area contributed by atoms with E-state index in [0.717, 1.165) is 62.2 Å². The molecule has 0 aliphatic carbocycles. The molecule has 1 aromatic heterocycles. The Morgan fingerprint density at radius 1 is 1.30 bits per heavy atom. The summed E-state index contributed by atoms with van der Waals surface area (Å²) in [7, 11) is 0. The van der Waals surface area contributed by atoms with Crippen LogP contribution >= 0.6 is 11.3 Å². The standard InChI is InChI=1S/C20H28N4O2S/c1-4-24(5-2)16-6-7-17(15(3)12-16)22-20(25)18-14-27-19(21-18)13-23-8-10-26-11-9-23/h6-7,12,14H,4-5,8-11,13H2,1-3H3,(H,22,25). The number of thiazole rings is 1. The van der Waals surface area contributed by atoms with Crippen LogP contribution in [0.25, 0.3) is 0 Å². The van der Waals surface area contributed by atoms with Crippen LogP contribution in [0, 0.1) is 6.92 Å². The second kappa shape index (κ2) is 9.30. The number of carbonyl (C=O) groups excluding carboxylic acids is 1. The Labute approximate surface area is 165 Å². The number of amides is 1. The molecule has 0 atom stereocenters. The van der Waals surface area contributed by atoms with E-state index < -0.39 is 0 Å². The van der Waals surface area contributed by atoms with Gasteiger partial charge in [0.25, 0.3) is 5.91 Å². The van der Waals surface area contributed by atoms with E-state index in [1.54, 1.807) is 0 Å². The molecule has 6 nitrogen and oxygen atoms in total. The van der Waals surface area contributed by atoms with Crippen LogP contribution in [0.5, 0.6) is 0 Å². The average molecular weight is 389 g/mol. The van der Waals surface area contributed by atoms with Gasteiger partial charge in [-0.1, -0.05) is 0 Å². The first-order chi connectivity index (χ1) is 13.1. The number of aryl methyl sites for hydroxylation is 1. The van der Waals surface area contributed by atoms with Crippen LogP contribution < -0.4 is 10.2 Å². The zero-order chi connectivity index (χ0) is 19.2. The number of ether oxygens (including phenoxy) is 1. The molecule has 1 saturated heterocycles. The number of benzene rings is 1. The van der Waals surface area contributed by atoms with Crippen LogP contribution in [0.3, 0.4) is 0 Å². The summed E-state index contributed by atoms with van der Waals surface area (Å²) >= 11 is 1.54. The second-order valence-electron chi connectivity index (χ2n) is 6.64. The summed E-state index contributed by atoms with van der Waals surface area (Å²) in [5.74, 6) is -0.154. The normalized spacial score (nSPS) is 14.9. The van der Waals surface area contributed by atoms with Crippen molar-refractivity contribution in [2.75, 3.05) is 49.6 Å². The van der Waals surface area contributed by atoms with Gasteiger partial charge in [0.05, 0.1) is 19.8 Å². The van der Waals surface area contributed by atoms with E-state index in [0.29, 0.717) is 5.69 Å². The smallest absolute Gasteiger partial charge is 0.275 e. The van der Waals surface area contributed by atoms with Crippen LogP contribution in [0.4, 0.5) is 11.4 Å². The van der Waals surface area contributed by atoms with E-state index in [1.165, 1.54) is 17.0 Å². The molecular formula is C20H28N4O2S. The molecule has 146 valence electrons. The molecule has 1 fully saturated rings. The van der Waals surface area contributed by atoms with Crippen molar-refractivity contribution in [3.05, 3.63) is 39.8 Å². The van der Waals surface area contributed by atoms with Crippen molar-refractivity contribution in [1.29, 1.82) is 0 Å². The van der Waals surface area contributed by atoms with Crippen LogP contribution in [0.15, 0.2) is 23.6 Å². The lowest BCUT2D eigenvalue weighted by molar-refractivity contribution is 0.0341. The maximum atomic E-state index is 12.6. The third-order valence-corrected chi connectivity index (χ3v) is 5.67. The molecule has 0 saturated carbocycles. The topological polar surface area (TPSA) is 57.7 Å². The molecule has 2 aromatic rings. The molecule has 1 aliphatic heterocycles. The maximum absolute atomic E-state index is 12.6. The van der Waals surface area contributed by atoms with E-state index in [9.17, 15) is 4.79 Å². The van der Waals surface area contributed by atoms with E-state index in [2.05, 4.69) is 46.1 Å². The molecule has 1 aromatic carbocycles. The number of hydrogen-bond acceptors (Lipinski definition) is 6. The van der Waals surface area contributed by atoms with Gasteiger partial charge in [-0.25, -0.2) is 4.98 Å². The zero-order valence-corrected chi connectivity index (χ0v) is 17.1. The predicted octanol–water partition coefficient (Wildman–Crippen LogP) is 3.38. The highest BCUT2D eigenvalue weighted by Crippen LogP contribution is 2.23. The van der Waals surface area contributed by atoms with Crippen molar-refractivity contribution >= 4 is 28.6 Å². The summed E-state index contributed by atoms with van der Waals surface area (Å²) in [6.07, 6.45) is 0. The summed E-state index contributed by atoms with van der Waals surface area (Å²) in [5.41, 5.74) is 3.54. The van der Waals surface area contributed by atoms with Crippen molar-refractivity contribution < 1.29 is 9.53 Å². The molecule has 3 rings (SSSR count).